The Morgan fingerprint density at radius 2 is 1.18 bits per heavy atom. The van der Waals surface area contributed by atoms with E-state index in [-0.39, 0.29) is 36.1 Å². The van der Waals surface area contributed by atoms with Gasteiger partial charge in [-0.1, -0.05) is 24.3 Å². The molecule has 0 aromatic heterocycles. The summed E-state index contributed by atoms with van der Waals surface area (Å²) in [5.41, 5.74) is 2.22. The quantitative estimate of drug-likeness (QED) is 0.151. The summed E-state index contributed by atoms with van der Waals surface area (Å²) in [6.07, 6.45) is 0. The number of benzene rings is 3. The molecule has 0 spiro atoms. The minimum Gasteiger partial charge on any atom is -0.489 e. The molecule has 0 aliphatic rings. The fraction of sp³-hybridized carbons (Fsp3) is 0.333. The molecule has 38 heavy (non-hydrogen) atoms. The van der Waals surface area contributed by atoms with Crippen molar-refractivity contribution in [2.24, 2.45) is 0 Å². The summed E-state index contributed by atoms with van der Waals surface area (Å²) in [7, 11) is 1.59. The van der Waals surface area contributed by atoms with Gasteiger partial charge in [0.15, 0.2) is 11.5 Å². The van der Waals surface area contributed by atoms with E-state index in [1.54, 1.807) is 31.4 Å². The third kappa shape index (κ3) is 7.81. The van der Waals surface area contributed by atoms with Crippen LogP contribution in [0.5, 0.6) is 17.2 Å². The Morgan fingerprint density at radius 3 is 1.68 bits per heavy atom. The van der Waals surface area contributed by atoms with Gasteiger partial charge in [-0.3, -0.25) is 20.2 Å². The van der Waals surface area contributed by atoms with Gasteiger partial charge >= 0.3 is 11.4 Å². The van der Waals surface area contributed by atoms with Crippen molar-refractivity contribution in [3.05, 3.63) is 92.0 Å². The van der Waals surface area contributed by atoms with Gasteiger partial charge in [-0.2, -0.15) is 0 Å². The number of nitro benzene ring substituents is 2. The molecule has 0 N–H and O–H groups in total. The molecule has 0 unspecified atom stereocenters. The van der Waals surface area contributed by atoms with Crippen LogP contribution in [0.1, 0.15) is 11.1 Å². The molecule has 0 saturated carbocycles. The smallest absolute Gasteiger partial charge is 0.310 e. The van der Waals surface area contributed by atoms with Crippen LogP contribution in [0, 0.1) is 34.1 Å². The van der Waals surface area contributed by atoms with Crippen LogP contribution in [0.25, 0.3) is 0 Å². The van der Waals surface area contributed by atoms with Crippen molar-refractivity contribution in [1.82, 2.24) is 0 Å². The van der Waals surface area contributed by atoms with Gasteiger partial charge in [0.1, 0.15) is 25.6 Å². The highest BCUT2D eigenvalue weighted by Gasteiger charge is 2.19. The van der Waals surface area contributed by atoms with Gasteiger partial charge in [-0.15, -0.1) is 0 Å². The Labute approximate surface area is 220 Å². The fourth-order valence-electron chi connectivity index (χ4n) is 3.74. The summed E-state index contributed by atoms with van der Waals surface area (Å²) in [5, 5.41) is 22.8. The number of rotatable bonds is 15. The van der Waals surface area contributed by atoms with E-state index in [4.69, 9.17) is 18.9 Å². The van der Waals surface area contributed by atoms with Gasteiger partial charge in [0.05, 0.1) is 35.2 Å². The molecule has 0 heterocycles. The third-order valence-corrected chi connectivity index (χ3v) is 5.61. The van der Waals surface area contributed by atoms with Crippen molar-refractivity contribution >= 4 is 17.1 Å². The lowest BCUT2D eigenvalue weighted by Gasteiger charge is -2.27. The van der Waals surface area contributed by atoms with Crippen LogP contribution in [0.15, 0.2) is 60.7 Å². The first kappa shape index (κ1) is 28.2. The SMILES string of the molecule is COCCOc1ccccc1N(CCOc1cc(C)ccc1[N+](=O)[O-])CCOc1cc(C)ccc1[N+](=O)[O-]. The summed E-state index contributed by atoms with van der Waals surface area (Å²) < 4.78 is 22.6. The molecule has 11 heteroatoms. The molecule has 0 fully saturated rings. The minimum atomic E-state index is -0.478. The van der Waals surface area contributed by atoms with Crippen LogP contribution in [0.2, 0.25) is 0 Å². The van der Waals surface area contributed by atoms with E-state index in [2.05, 4.69) is 0 Å². The van der Waals surface area contributed by atoms with Gasteiger partial charge in [-0.05, 0) is 49.2 Å². The first-order valence-corrected chi connectivity index (χ1v) is 12.0. The lowest BCUT2D eigenvalue weighted by atomic mass is 10.2. The predicted molar refractivity (Wildman–Crippen MR) is 143 cm³/mol. The summed E-state index contributed by atoms with van der Waals surface area (Å²) in [6.45, 7) is 5.39. The number of nitrogens with zero attached hydrogens (tertiary/aromatic N) is 3. The van der Waals surface area contributed by atoms with E-state index in [1.807, 2.05) is 43.0 Å². The number of hydrogen-bond acceptors (Lipinski definition) is 9. The molecule has 0 atom stereocenters. The molecule has 0 bridgehead atoms. The highest BCUT2D eigenvalue weighted by molar-refractivity contribution is 5.58. The van der Waals surface area contributed by atoms with E-state index in [0.717, 1.165) is 16.8 Å². The maximum atomic E-state index is 11.4. The molecule has 0 saturated heterocycles. The van der Waals surface area contributed by atoms with Crippen LogP contribution >= 0.6 is 0 Å². The molecule has 3 aromatic carbocycles. The van der Waals surface area contributed by atoms with E-state index in [0.29, 0.717) is 32.1 Å². The lowest BCUT2D eigenvalue weighted by molar-refractivity contribution is -0.386. The normalized spacial score (nSPS) is 10.6. The second-order valence-corrected chi connectivity index (χ2v) is 8.45. The van der Waals surface area contributed by atoms with Gasteiger partial charge in [0.25, 0.3) is 0 Å². The van der Waals surface area contributed by atoms with Crippen LogP contribution in [0.3, 0.4) is 0 Å². The summed E-state index contributed by atoms with van der Waals surface area (Å²) in [5.74, 6) is 0.991. The molecule has 202 valence electrons. The second kappa shape index (κ2) is 13.8. The molecule has 11 nitrogen and oxygen atoms in total. The van der Waals surface area contributed by atoms with Crippen molar-refractivity contribution in [1.29, 1.82) is 0 Å². The highest BCUT2D eigenvalue weighted by Crippen LogP contribution is 2.31. The summed E-state index contributed by atoms with van der Waals surface area (Å²) in [4.78, 5) is 23.8. The van der Waals surface area contributed by atoms with Crippen molar-refractivity contribution < 1.29 is 28.8 Å². The maximum Gasteiger partial charge on any atom is 0.310 e. The molecule has 3 rings (SSSR count). The average molecular weight is 526 g/mol. The van der Waals surface area contributed by atoms with Gasteiger partial charge in [0.2, 0.25) is 0 Å². The highest BCUT2D eigenvalue weighted by atomic mass is 16.6. The Kier molecular flexibility index (Phi) is 10.2. The minimum absolute atomic E-state index is 0.111. The summed E-state index contributed by atoms with van der Waals surface area (Å²) in [6, 6.07) is 16.8. The number of nitro groups is 2. The van der Waals surface area contributed by atoms with Crippen LogP contribution < -0.4 is 19.1 Å². The van der Waals surface area contributed by atoms with E-state index >= 15 is 0 Å². The number of methoxy groups -OCH3 is 1. The molecular weight excluding hydrogens is 494 g/mol. The van der Waals surface area contributed by atoms with Gasteiger partial charge < -0.3 is 23.8 Å². The number of hydrogen-bond donors (Lipinski definition) is 0. The Balaban J connectivity index is 1.78. The zero-order chi connectivity index (χ0) is 27.5. The molecule has 0 aliphatic heterocycles. The molecule has 0 aliphatic carbocycles. The van der Waals surface area contributed by atoms with Crippen molar-refractivity contribution in [2.45, 2.75) is 13.8 Å². The summed E-state index contributed by atoms with van der Waals surface area (Å²) >= 11 is 0. The number of ether oxygens (including phenoxy) is 4. The van der Waals surface area contributed by atoms with Crippen molar-refractivity contribution in [3.8, 4) is 17.2 Å². The Morgan fingerprint density at radius 1 is 0.684 bits per heavy atom. The first-order valence-electron chi connectivity index (χ1n) is 12.0. The molecule has 0 radical (unpaired) electrons. The van der Waals surface area contributed by atoms with E-state index in [9.17, 15) is 20.2 Å². The number of aryl methyl sites for hydroxylation is 2. The Hall–Kier alpha value is -4.38. The largest absolute Gasteiger partial charge is 0.489 e. The topological polar surface area (TPSA) is 126 Å². The maximum absolute atomic E-state index is 11.4. The van der Waals surface area contributed by atoms with Crippen molar-refractivity contribution in [2.75, 3.05) is 51.5 Å². The fourth-order valence-corrected chi connectivity index (χ4v) is 3.74. The van der Waals surface area contributed by atoms with Gasteiger partial charge in [-0.25, -0.2) is 0 Å². The monoisotopic (exact) mass is 525 g/mol. The zero-order valence-electron chi connectivity index (χ0n) is 21.6. The van der Waals surface area contributed by atoms with Gasteiger partial charge in [0, 0.05) is 19.2 Å². The standard InChI is InChI=1S/C27H31N3O8/c1-20-8-10-23(29(31)32)26(18-20)36-14-12-28(22-6-4-5-7-25(22)38-17-16-35-3)13-15-37-27-19-21(2)9-11-24(27)30(33)34/h4-11,18-19H,12-17H2,1-3H3. The molecule has 0 amide bonds. The molecular formula is C27H31N3O8. The number of para-hydroxylation sites is 2. The zero-order valence-corrected chi connectivity index (χ0v) is 21.6. The van der Waals surface area contributed by atoms with E-state index < -0.39 is 9.85 Å². The average Bonchev–Trinajstić information content (AvgIpc) is 2.88. The van der Waals surface area contributed by atoms with Crippen molar-refractivity contribution in [3.63, 3.8) is 0 Å². The Bertz CT molecular complexity index is 1180. The van der Waals surface area contributed by atoms with E-state index in [1.165, 1.54) is 12.1 Å². The molecule has 3 aromatic rings. The second-order valence-electron chi connectivity index (χ2n) is 8.45. The first-order chi connectivity index (χ1) is 18.3. The van der Waals surface area contributed by atoms with Crippen LogP contribution in [-0.4, -0.2) is 56.5 Å². The third-order valence-electron chi connectivity index (χ3n) is 5.61. The predicted octanol–water partition coefficient (Wildman–Crippen LogP) is 5.11. The van der Waals surface area contributed by atoms with Crippen LogP contribution in [0.4, 0.5) is 17.1 Å². The number of anilines is 1. The van der Waals surface area contributed by atoms with Crippen LogP contribution in [-0.2, 0) is 4.74 Å². The lowest BCUT2D eigenvalue weighted by Crippen LogP contribution is -2.33.